The highest BCUT2D eigenvalue weighted by Crippen LogP contribution is 2.26. The van der Waals surface area contributed by atoms with Gasteiger partial charge < -0.3 is 15.3 Å². The van der Waals surface area contributed by atoms with Gasteiger partial charge in [-0.25, -0.2) is 0 Å². The summed E-state index contributed by atoms with van der Waals surface area (Å²) in [6, 6.07) is 9.22. The third-order valence-electron chi connectivity index (χ3n) is 3.31. The maximum atomic E-state index is 12.0. The first-order chi connectivity index (χ1) is 9.72. The fraction of sp³-hybridized carbons (Fsp3) is 0.467. The minimum atomic E-state index is -0.168. The molecule has 108 valence electrons. The van der Waals surface area contributed by atoms with Crippen molar-refractivity contribution >= 4 is 11.8 Å². The van der Waals surface area contributed by atoms with Crippen molar-refractivity contribution in [3.63, 3.8) is 0 Å². The number of rotatable bonds is 7. The molecule has 0 unspecified atom stereocenters. The Morgan fingerprint density at radius 2 is 1.95 bits per heavy atom. The molecule has 1 fully saturated rings. The van der Waals surface area contributed by atoms with Crippen LogP contribution in [0.25, 0.3) is 0 Å². The van der Waals surface area contributed by atoms with E-state index in [0.717, 1.165) is 12.8 Å². The summed E-state index contributed by atoms with van der Waals surface area (Å²) in [5, 5.41) is 11.7. The van der Waals surface area contributed by atoms with Crippen LogP contribution in [0, 0.1) is 0 Å². The van der Waals surface area contributed by atoms with E-state index in [1.54, 1.807) is 29.2 Å². The Kier molecular flexibility index (Phi) is 5.12. The van der Waals surface area contributed by atoms with Gasteiger partial charge >= 0.3 is 0 Å². The average Bonchev–Trinajstić information content (AvgIpc) is 3.30. The number of amides is 2. The van der Waals surface area contributed by atoms with Crippen LogP contribution in [0.1, 0.15) is 29.6 Å². The van der Waals surface area contributed by atoms with Crippen LogP contribution in [0.2, 0.25) is 0 Å². The van der Waals surface area contributed by atoms with Crippen LogP contribution in [0.3, 0.4) is 0 Å². The number of aliphatic hydroxyl groups is 1. The molecule has 5 heteroatoms. The van der Waals surface area contributed by atoms with Crippen molar-refractivity contribution in [3.8, 4) is 0 Å². The van der Waals surface area contributed by atoms with Crippen molar-refractivity contribution in [1.29, 1.82) is 0 Å². The lowest BCUT2D eigenvalue weighted by Gasteiger charge is -2.21. The molecule has 2 N–H and O–H groups in total. The van der Waals surface area contributed by atoms with Crippen LogP contribution in [0.4, 0.5) is 0 Å². The van der Waals surface area contributed by atoms with Gasteiger partial charge in [0, 0.05) is 31.1 Å². The molecule has 0 heterocycles. The largest absolute Gasteiger partial charge is 0.395 e. The fourth-order valence-corrected chi connectivity index (χ4v) is 2.12. The van der Waals surface area contributed by atoms with Crippen molar-refractivity contribution in [2.24, 2.45) is 0 Å². The van der Waals surface area contributed by atoms with Crippen molar-refractivity contribution in [2.45, 2.75) is 25.3 Å². The molecule has 2 rings (SSSR count). The predicted octanol–water partition coefficient (Wildman–Crippen LogP) is 0.790. The predicted molar refractivity (Wildman–Crippen MR) is 75.2 cm³/mol. The summed E-state index contributed by atoms with van der Waals surface area (Å²) in [6.07, 6.45) is 2.30. The van der Waals surface area contributed by atoms with E-state index in [1.807, 2.05) is 6.07 Å². The lowest BCUT2D eigenvalue weighted by atomic mass is 10.2. The summed E-state index contributed by atoms with van der Waals surface area (Å²) in [5.74, 6) is -0.173. The highest BCUT2D eigenvalue weighted by molar-refractivity contribution is 5.94. The summed E-state index contributed by atoms with van der Waals surface area (Å²) >= 11 is 0. The molecule has 0 saturated heterocycles. The molecule has 1 aliphatic carbocycles. The Morgan fingerprint density at radius 3 is 2.55 bits per heavy atom. The minimum absolute atomic E-state index is 0.00471. The molecule has 1 aromatic carbocycles. The smallest absolute Gasteiger partial charge is 0.251 e. The maximum absolute atomic E-state index is 12.0. The molecule has 5 nitrogen and oxygen atoms in total. The molecule has 0 spiro atoms. The Labute approximate surface area is 118 Å². The molecule has 20 heavy (non-hydrogen) atoms. The average molecular weight is 276 g/mol. The Balaban J connectivity index is 1.74. The zero-order chi connectivity index (χ0) is 14.4. The van der Waals surface area contributed by atoms with E-state index < -0.39 is 0 Å². The Hall–Kier alpha value is -1.88. The number of hydrogen-bond acceptors (Lipinski definition) is 3. The summed E-state index contributed by atoms with van der Waals surface area (Å²) in [6.45, 7) is 0.690. The van der Waals surface area contributed by atoms with Gasteiger partial charge in [0.05, 0.1) is 6.61 Å². The van der Waals surface area contributed by atoms with E-state index in [0.29, 0.717) is 24.7 Å². The van der Waals surface area contributed by atoms with Crippen molar-refractivity contribution in [1.82, 2.24) is 10.2 Å². The van der Waals surface area contributed by atoms with Gasteiger partial charge in [0.15, 0.2) is 0 Å². The highest BCUT2D eigenvalue weighted by atomic mass is 16.3. The van der Waals surface area contributed by atoms with E-state index in [-0.39, 0.29) is 24.8 Å². The van der Waals surface area contributed by atoms with Crippen LogP contribution >= 0.6 is 0 Å². The lowest BCUT2D eigenvalue weighted by Crippen LogP contribution is -2.37. The van der Waals surface area contributed by atoms with Gasteiger partial charge in [-0.05, 0) is 25.0 Å². The molecule has 0 radical (unpaired) electrons. The van der Waals surface area contributed by atoms with Crippen molar-refractivity contribution in [3.05, 3.63) is 35.9 Å². The van der Waals surface area contributed by atoms with Crippen LogP contribution < -0.4 is 5.32 Å². The summed E-state index contributed by atoms with van der Waals surface area (Å²) in [7, 11) is 0. The number of aliphatic hydroxyl groups excluding tert-OH is 1. The molecular formula is C15H20N2O3. The lowest BCUT2D eigenvalue weighted by molar-refractivity contribution is -0.132. The molecule has 1 aromatic rings. The molecule has 2 amide bonds. The molecular weight excluding hydrogens is 256 g/mol. The topological polar surface area (TPSA) is 69.6 Å². The number of hydrogen-bond donors (Lipinski definition) is 2. The second kappa shape index (κ2) is 7.05. The summed E-state index contributed by atoms with van der Waals surface area (Å²) in [5.41, 5.74) is 0.592. The number of benzene rings is 1. The van der Waals surface area contributed by atoms with E-state index in [1.165, 1.54) is 0 Å². The monoisotopic (exact) mass is 276 g/mol. The third kappa shape index (κ3) is 4.06. The van der Waals surface area contributed by atoms with E-state index in [4.69, 9.17) is 5.11 Å². The van der Waals surface area contributed by atoms with E-state index >= 15 is 0 Å². The summed E-state index contributed by atoms with van der Waals surface area (Å²) in [4.78, 5) is 25.5. The summed E-state index contributed by atoms with van der Waals surface area (Å²) < 4.78 is 0. The molecule has 0 atom stereocenters. The first-order valence-corrected chi connectivity index (χ1v) is 6.96. The van der Waals surface area contributed by atoms with Crippen molar-refractivity contribution < 1.29 is 14.7 Å². The van der Waals surface area contributed by atoms with Crippen molar-refractivity contribution in [2.75, 3.05) is 19.7 Å². The first kappa shape index (κ1) is 14.5. The number of carbonyl (C=O) groups is 2. The number of carbonyl (C=O) groups excluding carboxylic acids is 2. The quantitative estimate of drug-likeness (QED) is 0.773. The van der Waals surface area contributed by atoms with Crippen LogP contribution in [0.15, 0.2) is 30.3 Å². The molecule has 0 aromatic heterocycles. The molecule has 1 aliphatic rings. The van der Waals surface area contributed by atoms with Gasteiger partial charge in [-0.1, -0.05) is 18.2 Å². The molecule has 0 bridgehead atoms. The number of nitrogens with one attached hydrogen (secondary N) is 1. The maximum Gasteiger partial charge on any atom is 0.251 e. The van der Waals surface area contributed by atoms with Gasteiger partial charge in [0.25, 0.3) is 5.91 Å². The van der Waals surface area contributed by atoms with Gasteiger partial charge in [-0.3, -0.25) is 9.59 Å². The van der Waals surface area contributed by atoms with Gasteiger partial charge in [-0.15, -0.1) is 0 Å². The van der Waals surface area contributed by atoms with Gasteiger partial charge in [-0.2, -0.15) is 0 Å². The minimum Gasteiger partial charge on any atom is -0.395 e. The Bertz CT molecular complexity index is 457. The first-order valence-electron chi connectivity index (χ1n) is 6.96. The fourth-order valence-electron chi connectivity index (χ4n) is 2.12. The SMILES string of the molecule is O=C(NCCC(=O)N(CCO)C1CC1)c1ccccc1. The van der Waals surface area contributed by atoms with Gasteiger partial charge in [0.2, 0.25) is 5.91 Å². The van der Waals surface area contributed by atoms with Crippen LogP contribution in [0.5, 0.6) is 0 Å². The van der Waals surface area contributed by atoms with Gasteiger partial charge in [0.1, 0.15) is 0 Å². The molecule has 0 aliphatic heterocycles. The van der Waals surface area contributed by atoms with Crippen LogP contribution in [-0.4, -0.2) is 47.6 Å². The second-order valence-electron chi connectivity index (χ2n) is 4.91. The second-order valence-corrected chi connectivity index (χ2v) is 4.91. The highest BCUT2D eigenvalue weighted by Gasteiger charge is 2.31. The third-order valence-corrected chi connectivity index (χ3v) is 3.31. The Morgan fingerprint density at radius 1 is 1.25 bits per heavy atom. The molecule has 1 saturated carbocycles. The zero-order valence-corrected chi connectivity index (χ0v) is 11.4. The van der Waals surface area contributed by atoms with Crippen LogP contribution in [-0.2, 0) is 4.79 Å². The number of nitrogens with zero attached hydrogens (tertiary/aromatic N) is 1. The standard InChI is InChI=1S/C15H20N2O3/c18-11-10-17(13-6-7-13)14(19)8-9-16-15(20)12-4-2-1-3-5-12/h1-5,13,18H,6-11H2,(H,16,20). The zero-order valence-electron chi connectivity index (χ0n) is 11.4. The normalized spacial score (nSPS) is 13.8. The van der Waals surface area contributed by atoms with E-state index in [9.17, 15) is 9.59 Å². The van der Waals surface area contributed by atoms with E-state index in [2.05, 4.69) is 5.32 Å².